The highest BCUT2D eigenvalue weighted by molar-refractivity contribution is 5.75. The molecule has 1 aromatic heterocycles. The molecule has 0 fully saturated rings. The summed E-state index contributed by atoms with van der Waals surface area (Å²) in [6.45, 7) is 4.57. The van der Waals surface area contributed by atoms with Crippen molar-refractivity contribution in [2.45, 2.75) is 13.0 Å². The number of aromatic nitrogens is 2. The van der Waals surface area contributed by atoms with Crippen LogP contribution in [-0.4, -0.2) is 55.6 Å². The first-order chi connectivity index (χ1) is 9.79. The fraction of sp³-hybridized carbons (Fsp3) is 0.692. The third-order valence-electron chi connectivity index (χ3n) is 3.31. The highest BCUT2D eigenvalue weighted by Crippen LogP contribution is 2.15. The summed E-state index contributed by atoms with van der Waals surface area (Å²) in [6, 6.07) is 1.98. The average Bonchev–Trinajstić information content (AvgIpc) is 2.91. The highest BCUT2D eigenvalue weighted by Gasteiger charge is 2.17. The van der Waals surface area contributed by atoms with Gasteiger partial charge in [0.25, 0.3) is 0 Å². The van der Waals surface area contributed by atoms with Gasteiger partial charge in [-0.1, -0.05) is 0 Å². The fourth-order valence-corrected chi connectivity index (χ4v) is 2.21. The minimum Gasteiger partial charge on any atom is -0.383 e. The number of methoxy groups -OCH3 is 1. The van der Waals surface area contributed by atoms with Crippen LogP contribution in [0.4, 0.5) is 5.82 Å². The Morgan fingerprint density at radius 3 is 3.35 bits per heavy atom. The molecule has 1 aliphatic rings. The number of rotatable bonds is 8. The molecular weight excluding hydrogens is 258 g/mol. The van der Waals surface area contributed by atoms with Crippen LogP contribution in [0, 0.1) is 5.92 Å². The van der Waals surface area contributed by atoms with E-state index < -0.39 is 0 Å². The number of amides is 1. The van der Waals surface area contributed by atoms with Crippen molar-refractivity contribution in [2.75, 3.05) is 45.2 Å². The van der Waals surface area contributed by atoms with Crippen molar-refractivity contribution >= 4 is 11.7 Å². The van der Waals surface area contributed by atoms with E-state index in [4.69, 9.17) is 4.74 Å². The van der Waals surface area contributed by atoms with Gasteiger partial charge in [-0.3, -0.25) is 4.79 Å². The number of nitrogens with one attached hydrogen (secondary N) is 3. The number of hydrogen-bond donors (Lipinski definition) is 3. The van der Waals surface area contributed by atoms with Crippen molar-refractivity contribution in [1.82, 2.24) is 20.4 Å². The minimum atomic E-state index is 0.0608. The molecule has 1 atom stereocenters. The lowest BCUT2D eigenvalue weighted by atomic mass is 10.1. The van der Waals surface area contributed by atoms with Gasteiger partial charge in [0.15, 0.2) is 0 Å². The zero-order valence-electron chi connectivity index (χ0n) is 11.9. The lowest BCUT2D eigenvalue weighted by Crippen LogP contribution is -2.37. The Hall–Kier alpha value is -1.60. The first-order valence-corrected chi connectivity index (χ1v) is 7.01. The third-order valence-corrected chi connectivity index (χ3v) is 3.31. The van der Waals surface area contributed by atoms with E-state index in [0.717, 1.165) is 25.5 Å². The van der Waals surface area contributed by atoms with Crippen LogP contribution in [0.3, 0.4) is 0 Å². The Kier molecular flexibility index (Phi) is 5.82. The van der Waals surface area contributed by atoms with E-state index in [-0.39, 0.29) is 5.91 Å². The summed E-state index contributed by atoms with van der Waals surface area (Å²) in [7, 11) is 1.62. The van der Waals surface area contributed by atoms with Gasteiger partial charge in [-0.25, -0.2) is 4.68 Å². The van der Waals surface area contributed by atoms with Gasteiger partial charge in [-0.2, -0.15) is 5.10 Å². The number of anilines is 1. The maximum Gasteiger partial charge on any atom is 0.221 e. The Labute approximate surface area is 119 Å². The first-order valence-electron chi connectivity index (χ1n) is 7.01. The van der Waals surface area contributed by atoms with Crippen LogP contribution < -0.4 is 16.0 Å². The van der Waals surface area contributed by atoms with Crippen LogP contribution in [-0.2, 0) is 16.1 Å². The molecule has 0 saturated heterocycles. The van der Waals surface area contributed by atoms with Crippen LogP contribution in [0.25, 0.3) is 0 Å². The summed E-state index contributed by atoms with van der Waals surface area (Å²) in [6.07, 6.45) is 2.30. The summed E-state index contributed by atoms with van der Waals surface area (Å²) in [5.41, 5.74) is 0. The number of nitrogens with zero attached hydrogens (tertiary/aromatic N) is 2. The average molecular weight is 281 g/mol. The van der Waals surface area contributed by atoms with E-state index in [9.17, 15) is 4.79 Å². The second-order valence-corrected chi connectivity index (χ2v) is 4.94. The molecule has 0 unspecified atom stereocenters. The SMILES string of the molecule is COCCNC(=O)CCNC[C@H]1CNc2ccnn2C1. The topological polar surface area (TPSA) is 80.2 Å². The van der Waals surface area contributed by atoms with Crippen molar-refractivity contribution in [1.29, 1.82) is 0 Å². The van der Waals surface area contributed by atoms with E-state index >= 15 is 0 Å². The predicted octanol–water partition coefficient (Wildman–Crippen LogP) is -0.333. The van der Waals surface area contributed by atoms with Crippen molar-refractivity contribution in [3.05, 3.63) is 12.3 Å². The smallest absolute Gasteiger partial charge is 0.221 e. The Morgan fingerprint density at radius 1 is 1.60 bits per heavy atom. The number of hydrogen-bond acceptors (Lipinski definition) is 5. The molecule has 112 valence electrons. The molecule has 1 amide bonds. The van der Waals surface area contributed by atoms with E-state index in [1.54, 1.807) is 7.11 Å². The lowest BCUT2D eigenvalue weighted by Gasteiger charge is -2.25. The number of carbonyl (C=O) groups excluding carboxylic acids is 1. The van der Waals surface area contributed by atoms with Gasteiger partial charge in [0.1, 0.15) is 5.82 Å². The summed E-state index contributed by atoms with van der Waals surface area (Å²) in [5.74, 6) is 1.64. The minimum absolute atomic E-state index is 0.0608. The molecular formula is C13H23N5O2. The van der Waals surface area contributed by atoms with Gasteiger partial charge in [0, 0.05) is 58.2 Å². The molecule has 2 rings (SSSR count). The summed E-state index contributed by atoms with van der Waals surface area (Å²) in [5, 5.41) is 13.7. The molecule has 2 heterocycles. The Balaban J connectivity index is 1.55. The molecule has 20 heavy (non-hydrogen) atoms. The summed E-state index contributed by atoms with van der Waals surface area (Å²) < 4.78 is 6.85. The van der Waals surface area contributed by atoms with Crippen LogP contribution in [0.15, 0.2) is 12.3 Å². The van der Waals surface area contributed by atoms with Gasteiger partial charge in [0.05, 0.1) is 12.8 Å². The van der Waals surface area contributed by atoms with Gasteiger partial charge in [-0.05, 0) is 0 Å². The van der Waals surface area contributed by atoms with Gasteiger partial charge < -0.3 is 20.7 Å². The number of fused-ring (bicyclic) bond motifs is 1. The number of ether oxygens (including phenoxy) is 1. The van der Waals surface area contributed by atoms with Crippen LogP contribution >= 0.6 is 0 Å². The van der Waals surface area contributed by atoms with Gasteiger partial charge in [0.2, 0.25) is 5.91 Å². The monoisotopic (exact) mass is 281 g/mol. The summed E-state index contributed by atoms with van der Waals surface area (Å²) >= 11 is 0. The zero-order chi connectivity index (χ0) is 14.2. The first kappa shape index (κ1) is 14.8. The maximum atomic E-state index is 11.5. The largest absolute Gasteiger partial charge is 0.383 e. The van der Waals surface area contributed by atoms with Crippen LogP contribution in [0.5, 0.6) is 0 Å². The second-order valence-electron chi connectivity index (χ2n) is 4.94. The molecule has 0 spiro atoms. The number of carbonyl (C=O) groups is 1. The van der Waals surface area contributed by atoms with E-state index in [0.29, 0.717) is 32.0 Å². The Morgan fingerprint density at radius 2 is 2.50 bits per heavy atom. The third kappa shape index (κ3) is 4.50. The molecule has 0 saturated carbocycles. The van der Waals surface area contributed by atoms with Crippen LogP contribution in [0.1, 0.15) is 6.42 Å². The zero-order valence-corrected chi connectivity index (χ0v) is 11.9. The lowest BCUT2D eigenvalue weighted by molar-refractivity contribution is -0.121. The molecule has 0 aromatic carbocycles. The predicted molar refractivity (Wildman–Crippen MR) is 76.6 cm³/mol. The highest BCUT2D eigenvalue weighted by atomic mass is 16.5. The molecule has 0 aliphatic carbocycles. The van der Waals surface area contributed by atoms with Crippen molar-refractivity contribution in [3.63, 3.8) is 0 Å². The quantitative estimate of drug-likeness (QED) is 0.568. The molecule has 7 nitrogen and oxygen atoms in total. The maximum absolute atomic E-state index is 11.5. The molecule has 1 aromatic rings. The van der Waals surface area contributed by atoms with Crippen LogP contribution in [0.2, 0.25) is 0 Å². The van der Waals surface area contributed by atoms with E-state index in [1.165, 1.54) is 0 Å². The van der Waals surface area contributed by atoms with Crippen molar-refractivity contribution in [3.8, 4) is 0 Å². The summed E-state index contributed by atoms with van der Waals surface area (Å²) in [4.78, 5) is 11.5. The van der Waals surface area contributed by atoms with Gasteiger partial charge in [-0.15, -0.1) is 0 Å². The fourth-order valence-electron chi connectivity index (χ4n) is 2.21. The normalized spacial score (nSPS) is 17.4. The molecule has 0 bridgehead atoms. The van der Waals surface area contributed by atoms with Crippen molar-refractivity contribution in [2.24, 2.45) is 5.92 Å². The van der Waals surface area contributed by atoms with Gasteiger partial charge >= 0.3 is 0 Å². The molecule has 7 heteroatoms. The molecule has 1 aliphatic heterocycles. The molecule has 3 N–H and O–H groups in total. The standard InChI is InChI=1S/C13H23N5O2/c1-20-7-6-15-13(19)3-4-14-8-11-9-16-12-2-5-17-18(12)10-11/h2,5,11,14,16H,3-4,6-10H2,1H3,(H,15,19)/t11-/m0/s1. The van der Waals surface area contributed by atoms with E-state index in [1.807, 2.05) is 16.9 Å². The second kappa shape index (κ2) is 7.86. The van der Waals surface area contributed by atoms with Crippen molar-refractivity contribution < 1.29 is 9.53 Å². The Bertz CT molecular complexity index is 421. The molecule has 0 radical (unpaired) electrons. The van der Waals surface area contributed by atoms with E-state index in [2.05, 4.69) is 21.0 Å².